The zero-order chi connectivity index (χ0) is 13.2. The van der Waals surface area contributed by atoms with E-state index in [-0.39, 0.29) is 10.9 Å². The van der Waals surface area contributed by atoms with Crippen LogP contribution >= 0.6 is 15.9 Å². The van der Waals surface area contributed by atoms with E-state index in [4.69, 9.17) is 0 Å². The first-order valence-electron chi connectivity index (χ1n) is 5.79. The normalized spacial score (nSPS) is 22.0. The molecule has 1 aliphatic rings. The van der Waals surface area contributed by atoms with Gasteiger partial charge in [0, 0.05) is 29.5 Å². The molecular weight excluding hydrogens is 318 g/mol. The Morgan fingerprint density at radius 3 is 2.94 bits per heavy atom. The number of pyridine rings is 1. The minimum Gasteiger partial charge on any atom is -0.305 e. The van der Waals surface area contributed by atoms with E-state index in [2.05, 4.69) is 30.5 Å². The van der Waals surface area contributed by atoms with Gasteiger partial charge >= 0.3 is 0 Å². The van der Waals surface area contributed by atoms with Crippen LogP contribution < -0.4 is 4.72 Å². The van der Waals surface area contributed by atoms with Gasteiger partial charge < -0.3 is 4.90 Å². The summed E-state index contributed by atoms with van der Waals surface area (Å²) in [4.78, 5) is 6.22. The van der Waals surface area contributed by atoms with Gasteiger partial charge in [-0.1, -0.05) is 0 Å². The molecule has 0 saturated carbocycles. The summed E-state index contributed by atoms with van der Waals surface area (Å²) in [6.45, 7) is 1.78. The van der Waals surface area contributed by atoms with Crippen LogP contribution in [0.5, 0.6) is 0 Å². The van der Waals surface area contributed by atoms with Crippen molar-refractivity contribution >= 4 is 26.0 Å². The molecule has 2 heterocycles. The van der Waals surface area contributed by atoms with Crippen LogP contribution in [-0.2, 0) is 10.0 Å². The fraction of sp³-hybridized carbons (Fsp3) is 0.545. The quantitative estimate of drug-likeness (QED) is 0.903. The van der Waals surface area contributed by atoms with Crippen LogP contribution in [0.1, 0.15) is 12.8 Å². The van der Waals surface area contributed by atoms with E-state index in [0.717, 1.165) is 25.9 Å². The Kier molecular flexibility index (Phi) is 4.37. The number of hydrogen-bond acceptors (Lipinski definition) is 4. The Morgan fingerprint density at radius 2 is 2.28 bits per heavy atom. The summed E-state index contributed by atoms with van der Waals surface area (Å²) in [5.41, 5.74) is 0. The summed E-state index contributed by atoms with van der Waals surface area (Å²) in [6.07, 6.45) is 4.82. The van der Waals surface area contributed by atoms with Crippen molar-refractivity contribution in [1.29, 1.82) is 0 Å². The SMILES string of the molecule is CN1CCC[C@@H](NS(=O)(=O)c2cncc(Br)c2)C1. The molecule has 1 aromatic rings. The first kappa shape index (κ1) is 13.9. The molecule has 0 aromatic carbocycles. The predicted molar refractivity (Wildman–Crippen MR) is 72.8 cm³/mol. The van der Waals surface area contributed by atoms with Gasteiger partial charge in [-0.3, -0.25) is 4.98 Å². The Balaban J connectivity index is 2.12. The van der Waals surface area contributed by atoms with Crippen molar-refractivity contribution in [3.8, 4) is 0 Å². The average molecular weight is 334 g/mol. The van der Waals surface area contributed by atoms with Crippen molar-refractivity contribution in [1.82, 2.24) is 14.6 Å². The Hall–Kier alpha value is -0.500. The number of aromatic nitrogens is 1. The lowest BCUT2D eigenvalue weighted by atomic mass is 10.1. The minimum atomic E-state index is -3.47. The molecule has 0 aliphatic carbocycles. The number of halogens is 1. The molecule has 100 valence electrons. The first-order valence-corrected chi connectivity index (χ1v) is 8.06. The highest BCUT2D eigenvalue weighted by atomic mass is 79.9. The smallest absolute Gasteiger partial charge is 0.242 e. The summed E-state index contributed by atoms with van der Waals surface area (Å²) in [5, 5.41) is 0. The maximum Gasteiger partial charge on any atom is 0.242 e. The zero-order valence-corrected chi connectivity index (χ0v) is 12.5. The molecule has 1 N–H and O–H groups in total. The molecular formula is C11H16BrN3O2S. The molecule has 7 heteroatoms. The van der Waals surface area contributed by atoms with E-state index >= 15 is 0 Å². The van der Waals surface area contributed by atoms with Crippen LogP contribution in [0.15, 0.2) is 27.8 Å². The van der Waals surface area contributed by atoms with Crippen molar-refractivity contribution < 1.29 is 8.42 Å². The van der Waals surface area contributed by atoms with Gasteiger partial charge in [0.15, 0.2) is 0 Å². The fourth-order valence-corrected chi connectivity index (χ4v) is 3.85. The van der Waals surface area contributed by atoms with Crippen LogP contribution in [0, 0.1) is 0 Å². The Labute approximate surface area is 116 Å². The summed E-state index contributed by atoms with van der Waals surface area (Å²) in [5.74, 6) is 0. The van der Waals surface area contributed by atoms with Crippen LogP contribution in [0.4, 0.5) is 0 Å². The maximum atomic E-state index is 12.2. The third kappa shape index (κ3) is 3.50. The van der Waals surface area contributed by atoms with Gasteiger partial charge in [0.1, 0.15) is 4.90 Å². The topological polar surface area (TPSA) is 62.3 Å². The molecule has 5 nitrogen and oxygen atoms in total. The van der Waals surface area contributed by atoms with Crippen molar-refractivity contribution in [3.63, 3.8) is 0 Å². The lowest BCUT2D eigenvalue weighted by Gasteiger charge is -2.29. The van der Waals surface area contributed by atoms with Crippen LogP contribution in [0.3, 0.4) is 0 Å². The van der Waals surface area contributed by atoms with Gasteiger partial charge in [-0.25, -0.2) is 13.1 Å². The lowest BCUT2D eigenvalue weighted by Crippen LogP contribution is -2.46. The van der Waals surface area contributed by atoms with Crippen molar-refractivity contribution in [2.75, 3.05) is 20.1 Å². The Morgan fingerprint density at radius 1 is 1.50 bits per heavy atom. The van der Waals surface area contributed by atoms with E-state index in [9.17, 15) is 8.42 Å². The summed E-state index contributed by atoms with van der Waals surface area (Å²) in [6, 6.07) is 1.54. The molecule has 0 unspecified atom stereocenters. The highest BCUT2D eigenvalue weighted by molar-refractivity contribution is 9.10. The molecule has 1 fully saturated rings. The Bertz CT molecular complexity index is 521. The average Bonchev–Trinajstić information content (AvgIpc) is 2.28. The number of nitrogens with zero attached hydrogens (tertiary/aromatic N) is 2. The second-order valence-corrected chi connectivity index (χ2v) is 7.19. The second kappa shape index (κ2) is 5.64. The second-order valence-electron chi connectivity index (χ2n) is 4.56. The van der Waals surface area contributed by atoms with Crippen LogP contribution in [0.25, 0.3) is 0 Å². The summed E-state index contributed by atoms with van der Waals surface area (Å²) >= 11 is 3.23. The van der Waals surface area contributed by atoms with Crippen molar-refractivity contribution in [3.05, 3.63) is 22.9 Å². The molecule has 1 atom stereocenters. The monoisotopic (exact) mass is 333 g/mol. The number of piperidine rings is 1. The van der Waals surface area contributed by atoms with E-state index < -0.39 is 10.0 Å². The van der Waals surface area contributed by atoms with Gasteiger partial charge in [-0.15, -0.1) is 0 Å². The summed E-state index contributed by atoms with van der Waals surface area (Å²) < 4.78 is 27.7. The lowest BCUT2D eigenvalue weighted by molar-refractivity contribution is 0.242. The number of hydrogen-bond donors (Lipinski definition) is 1. The van der Waals surface area contributed by atoms with Crippen molar-refractivity contribution in [2.45, 2.75) is 23.8 Å². The number of nitrogens with one attached hydrogen (secondary N) is 1. The highest BCUT2D eigenvalue weighted by Gasteiger charge is 2.24. The molecule has 1 aliphatic heterocycles. The zero-order valence-electron chi connectivity index (χ0n) is 10.1. The van der Waals surface area contributed by atoms with Crippen LogP contribution in [-0.4, -0.2) is 44.5 Å². The third-order valence-corrected chi connectivity index (χ3v) is 4.86. The van der Waals surface area contributed by atoms with E-state index in [0.29, 0.717) is 4.47 Å². The van der Waals surface area contributed by atoms with Crippen LogP contribution in [0.2, 0.25) is 0 Å². The van der Waals surface area contributed by atoms with Gasteiger partial charge in [0.25, 0.3) is 0 Å². The number of likely N-dealkylation sites (tertiary alicyclic amines) is 1. The highest BCUT2D eigenvalue weighted by Crippen LogP contribution is 2.16. The van der Waals surface area contributed by atoms with Gasteiger partial charge in [-0.2, -0.15) is 0 Å². The molecule has 18 heavy (non-hydrogen) atoms. The van der Waals surface area contributed by atoms with E-state index in [1.165, 1.54) is 6.20 Å². The minimum absolute atomic E-state index is 0.0206. The van der Waals surface area contributed by atoms with Gasteiger partial charge in [0.05, 0.1) is 0 Å². The maximum absolute atomic E-state index is 12.2. The predicted octanol–water partition coefficient (Wildman–Crippen LogP) is 1.22. The first-order chi connectivity index (χ1) is 8.47. The molecule has 1 saturated heterocycles. The molecule has 2 rings (SSSR count). The number of rotatable bonds is 3. The van der Waals surface area contributed by atoms with E-state index in [1.807, 2.05) is 7.05 Å². The van der Waals surface area contributed by atoms with Crippen molar-refractivity contribution in [2.24, 2.45) is 0 Å². The largest absolute Gasteiger partial charge is 0.305 e. The summed E-state index contributed by atoms with van der Waals surface area (Å²) in [7, 11) is -1.47. The fourth-order valence-electron chi connectivity index (χ4n) is 2.09. The molecule has 0 radical (unpaired) electrons. The standard InChI is InChI=1S/C11H16BrN3O2S/c1-15-4-2-3-10(8-15)14-18(16,17)11-5-9(12)6-13-7-11/h5-7,10,14H,2-4,8H2,1H3/t10-/m1/s1. The third-order valence-electron chi connectivity index (χ3n) is 2.94. The van der Waals surface area contributed by atoms with Gasteiger partial charge in [-0.05, 0) is 48.4 Å². The molecule has 1 aromatic heterocycles. The molecule has 0 spiro atoms. The number of likely N-dealkylation sites (N-methyl/N-ethyl adjacent to an activating group) is 1. The number of sulfonamides is 1. The van der Waals surface area contributed by atoms with E-state index in [1.54, 1.807) is 12.3 Å². The van der Waals surface area contributed by atoms with Gasteiger partial charge in [0.2, 0.25) is 10.0 Å². The molecule has 0 bridgehead atoms. The molecule has 0 amide bonds.